The summed E-state index contributed by atoms with van der Waals surface area (Å²) in [6.07, 6.45) is 0.868. The molecular formula is C22H16F2N6O2. The number of aromatic nitrogens is 3. The number of carbonyl (C=O) groups is 2. The second kappa shape index (κ2) is 7.53. The van der Waals surface area contributed by atoms with Crippen LogP contribution in [-0.4, -0.2) is 33.0 Å². The van der Waals surface area contributed by atoms with Crippen molar-refractivity contribution in [1.82, 2.24) is 20.5 Å². The fourth-order valence-corrected chi connectivity index (χ4v) is 4.15. The quantitative estimate of drug-likeness (QED) is 0.582. The Morgan fingerprint density at radius 3 is 2.94 bits per heavy atom. The molecule has 1 saturated carbocycles. The van der Waals surface area contributed by atoms with Crippen LogP contribution in [0.25, 0.3) is 0 Å². The fourth-order valence-electron chi connectivity index (χ4n) is 4.15. The number of carbonyl (C=O) groups excluding carboxylic acids is 2. The summed E-state index contributed by atoms with van der Waals surface area (Å²) in [4.78, 5) is 29.5. The summed E-state index contributed by atoms with van der Waals surface area (Å²) in [5.41, 5.74) is 1.69. The van der Waals surface area contributed by atoms with E-state index in [1.807, 2.05) is 6.07 Å². The Kier molecular flexibility index (Phi) is 4.66. The minimum Gasteiger partial charge on any atom is -0.337 e. The average molecular weight is 434 g/mol. The first kappa shape index (κ1) is 19.8. The van der Waals surface area contributed by atoms with Gasteiger partial charge < -0.3 is 10.6 Å². The van der Waals surface area contributed by atoms with E-state index in [1.54, 1.807) is 18.2 Å². The van der Waals surface area contributed by atoms with Crippen molar-refractivity contribution in [1.29, 1.82) is 5.26 Å². The van der Waals surface area contributed by atoms with Crippen molar-refractivity contribution in [3.63, 3.8) is 0 Å². The molecule has 2 heterocycles. The van der Waals surface area contributed by atoms with Crippen molar-refractivity contribution in [3.8, 4) is 6.07 Å². The number of hydrogen-bond acceptors (Lipinski definition) is 5. The van der Waals surface area contributed by atoms with Crippen molar-refractivity contribution in [2.24, 2.45) is 5.92 Å². The minimum atomic E-state index is -0.920. The predicted molar refractivity (Wildman–Crippen MR) is 107 cm³/mol. The van der Waals surface area contributed by atoms with E-state index < -0.39 is 29.5 Å². The maximum atomic E-state index is 14.2. The van der Waals surface area contributed by atoms with Crippen LogP contribution < -0.4 is 10.6 Å². The second-order valence-corrected chi connectivity index (χ2v) is 7.89. The van der Waals surface area contributed by atoms with Crippen LogP contribution in [0.3, 0.4) is 0 Å². The van der Waals surface area contributed by atoms with Gasteiger partial charge in [0.25, 0.3) is 5.91 Å². The van der Waals surface area contributed by atoms with Crippen LogP contribution in [0, 0.1) is 28.9 Å². The maximum absolute atomic E-state index is 14.2. The molecule has 0 radical (unpaired) electrons. The number of rotatable bonds is 4. The topological polar surface area (TPSA) is 124 Å². The van der Waals surface area contributed by atoms with E-state index in [2.05, 4.69) is 31.9 Å². The number of benzene rings is 2. The van der Waals surface area contributed by atoms with Crippen molar-refractivity contribution < 1.29 is 18.4 Å². The van der Waals surface area contributed by atoms with Crippen LogP contribution in [0.4, 0.5) is 14.5 Å². The molecule has 3 N–H and O–H groups in total. The van der Waals surface area contributed by atoms with Gasteiger partial charge in [-0.25, -0.2) is 13.8 Å². The Morgan fingerprint density at radius 1 is 1.28 bits per heavy atom. The average Bonchev–Trinajstić information content (AvgIpc) is 3.44. The zero-order valence-corrected chi connectivity index (χ0v) is 16.5. The van der Waals surface area contributed by atoms with E-state index in [0.29, 0.717) is 29.8 Å². The first-order chi connectivity index (χ1) is 15.4. The van der Waals surface area contributed by atoms with Crippen molar-refractivity contribution >= 4 is 17.5 Å². The van der Waals surface area contributed by atoms with Crippen LogP contribution in [-0.2, 0) is 11.2 Å². The lowest BCUT2D eigenvalue weighted by Gasteiger charge is -2.15. The molecule has 1 aliphatic carbocycles. The van der Waals surface area contributed by atoms with Gasteiger partial charge in [-0.2, -0.15) is 5.26 Å². The number of hydrogen-bond donors (Lipinski definition) is 3. The van der Waals surface area contributed by atoms with E-state index in [9.17, 15) is 18.4 Å². The molecule has 160 valence electrons. The molecule has 0 bridgehead atoms. The number of halogens is 2. The van der Waals surface area contributed by atoms with Crippen molar-refractivity contribution in [2.45, 2.75) is 24.8 Å². The number of nitrogens with zero attached hydrogens (tertiary/aromatic N) is 3. The van der Waals surface area contributed by atoms with Crippen LogP contribution in [0.2, 0.25) is 0 Å². The molecule has 3 atom stereocenters. The van der Waals surface area contributed by atoms with Crippen LogP contribution in [0.1, 0.15) is 45.5 Å². The van der Waals surface area contributed by atoms with E-state index in [-0.39, 0.29) is 23.3 Å². The summed E-state index contributed by atoms with van der Waals surface area (Å²) in [7, 11) is 0. The van der Waals surface area contributed by atoms with Crippen molar-refractivity contribution in [2.75, 3.05) is 5.32 Å². The number of amides is 2. The van der Waals surface area contributed by atoms with Gasteiger partial charge in [-0.1, -0.05) is 12.1 Å². The van der Waals surface area contributed by atoms with Gasteiger partial charge in [0.05, 0.1) is 17.3 Å². The van der Waals surface area contributed by atoms with Gasteiger partial charge in [0, 0.05) is 12.5 Å². The molecular weight excluding hydrogens is 418 g/mol. The summed E-state index contributed by atoms with van der Waals surface area (Å²) < 4.78 is 27.8. The number of fused-ring (bicyclic) bond motifs is 3. The monoisotopic (exact) mass is 434 g/mol. The normalized spacial score (nSPS) is 20.9. The zero-order valence-electron chi connectivity index (χ0n) is 16.5. The molecule has 2 aromatic carbocycles. The molecule has 0 spiro atoms. The highest BCUT2D eigenvalue weighted by Gasteiger charge is 2.51. The van der Waals surface area contributed by atoms with Crippen LogP contribution in [0.5, 0.6) is 0 Å². The first-order valence-corrected chi connectivity index (χ1v) is 9.94. The lowest BCUT2D eigenvalue weighted by atomic mass is 10.1. The van der Waals surface area contributed by atoms with Crippen molar-refractivity contribution in [3.05, 3.63) is 76.4 Å². The number of anilines is 1. The highest BCUT2D eigenvalue weighted by Crippen LogP contribution is 2.54. The molecule has 10 heteroatoms. The highest BCUT2D eigenvalue weighted by molar-refractivity contribution is 6.01. The molecule has 3 unspecified atom stereocenters. The predicted octanol–water partition coefficient (Wildman–Crippen LogP) is 2.40. The fraction of sp³-hybridized carbons (Fsp3) is 0.227. The van der Waals surface area contributed by atoms with Crippen LogP contribution in [0.15, 0.2) is 36.4 Å². The lowest BCUT2D eigenvalue weighted by molar-refractivity contribution is -0.118. The van der Waals surface area contributed by atoms with E-state index in [1.165, 1.54) is 6.07 Å². The Hall–Kier alpha value is -4.13. The summed E-state index contributed by atoms with van der Waals surface area (Å²) in [6, 6.07) is 10.1. The molecule has 1 aliphatic heterocycles. The van der Waals surface area contributed by atoms with Gasteiger partial charge >= 0.3 is 0 Å². The minimum absolute atomic E-state index is 0.0413. The van der Waals surface area contributed by atoms with Gasteiger partial charge in [-0.15, -0.1) is 5.10 Å². The maximum Gasteiger partial charge on any atom is 0.291 e. The summed E-state index contributed by atoms with van der Waals surface area (Å²) in [6.45, 7) is 0. The molecule has 5 rings (SSSR count). The van der Waals surface area contributed by atoms with Crippen LogP contribution >= 0.6 is 0 Å². The smallest absolute Gasteiger partial charge is 0.291 e. The third-order valence-electron chi connectivity index (χ3n) is 5.73. The molecule has 1 aromatic heterocycles. The van der Waals surface area contributed by atoms with Gasteiger partial charge in [-0.05, 0) is 47.6 Å². The van der Waals surface area contributed by atoms with Gasteiger partial charge in [0.15, 0.2) is 0 Å². The highest BCUT2D eigenvalue weighted by atomic mass is 19.1. The summed E-state index contributed by atoms with van der Waals surface area (Å²) in [5.74, 6) is -2.99. The summed E-state index contributed by atoms with van der Waals surface area (Å²) >= 11 is 0. The van der Waals surface area contributed by atoms with E-state index in [0.717, 1.165) is 11.6 Å². The van der Waals surface area contributed by atoms with Gasteiger partial charge in [0.1, 0.15) is 23.5 Å². The third kappa shape index (κ3) is 3.58. The molecule has 2 amide bonds. The molecule has 2 aliphatic rings. The number of nitriles is 1. The lowest BCUT2D eigenvalue weighted by Crippen LogP contribution is -2.45. The molecule has 3 aromatic rings. The number of aromatic amines is 1. The van der Waals surface area contributed by atoms with E-state index >= 15 is 0 Å². The largest absolute Gasteiger partial charge is 0.337 e. The standard InChI is InChI=1S/C22H16F2N6O2/c23-12-6-14-13-8-15(13)19(21(31)27-18(14)16(24)7-12)28-22(32)20-26-17(29-30-20)5-10-2-1-3-11(4-10)9-25/h1-4,6-7,13,15,19H,5,8H2,(H,27,31)(H,28,32)(H,26,29,30). The number of H-pyrrole nitrogens is 1. The second-order valence-electron chi connectivity index (χ2n) is 7.89. The Balaban J connectivity index is 1.30. The molecule has 0 saturated heterocycles. The summed E-state index contributed by atoms with van der Waals surface area (Å²) in [5, 5.41) is 20.7. The molecule has 8 nitrogen and oxygen atoms in total. The molecule has 32 heavy (non-hydrogen) atoms. The Morgan fingerprint density at radius 2 is 2.12 bits per heavy atom. The Bertz CT molecular complexity index is 1300. The molecule has 1 fully saturated rings. The number of nitrogens with one attached hydrogen (secondary N) is 3. The SMILES string of the molecule is N#Cc1cccc(Cc2nc(C(=O)NC3C(=O)Nc4c(F)cc(F)cc4C4CC34)n[nH]2)c1. The van der Waals surface area contributed by atoms with E-state index in [4.69, 9.17) is 5.26 Å². The Labute approximate surface area is 180 Å². The third-order valence-corrected chi connectivity index (χ3v) is 5.73. The van der Waals surface area contributed by atoms with Gasteiger partial charge in [-0.3, -0.25) is 14.7 Å². The zero-order chi connectivity index (χ0) is 22.4. The van der Waals surface area contributed by atoms with Gasteiger partial charge in [0.2, 0.25) is 11.7 Å². The first-order valence-electron chi connectivity index (χ1n) is 9.94.